The third-order valence-corrected chi connectivity index (χ3v) is 5.37. The highest BCUT2D eigenvalue weighted by Gasteiger charge is 2.16. The van der Waals surface area contributed by atoms with Crippen LogP contribution in [0.4, 0.5) is 5.00 Å². The maximum atomic E-state index is 11.8. The molecule has 25 heavy (non-hydrogen) atoms. The minimum Gasteiger partial charge on any atom is -0.465 e. The highest BCUT2D eigenvalue weighted by atomic mass is 35.5. The number of hydrogen-bond acceptors (Lipinski definition) is 5. The van der Waals surface area contributed by atoms with Gasteiger partial charge in [-0.25, -0.2) is 4.79 Å². The van der Waals surface area contributed by atoms with Crippen molar-refractivity contribution in [3.8, 4) is 0 Å². The number of aryl methyl sites for hydroxylation is 3. The van der Waals surface area contributed by atoms with Crippen molar-refractivity contribution in [3.05, 3.63) is 32.9 Å². The molecule has 0 aromatic carbocycles. The zero-order valence-corrected chi connectivity index (χ0v) is 17.0. The standard InChI is InChI=1S/C16H21ClN4O2S2/c1-9-8-12(15(22)23-4)14(25-9)19-16(24)18-6-5-7-21-11(3)13(17)10(2)20-21/h8H,5-7H2,1-4H3,(H2,18,19,24). The molecule has 0 radical (unpaired) electrons. The van der Waals surface area contributed by atoms with Gasteiger partial charge < -0.3 is 15.4 Å². The molecule has 0 fully saturated rings. The number of thiophene rings is 1. The molecule has 0 aliphatic rings. The molecule has 0 amide bonds. The second kappa shape index (κ2) is 8.64. The molecule has 0 spiro atoms. The van der Waals surface area contributed by atoms with Crippen LogP contribution in [0.1, 0.15) is 33.0 Å². The maximum absolute atomic E-state index is 11.8. The molecule has 2 aromatic rings. The number of thiocarbonyl (C=S) groups is 1. The van der Waals surface area contributed by atoms with Crippen LogP contribution >= 0.6 is 35.2 Å². The lowest BCUT2D eigenvalue weighted by atomic mass is 10.3. The monoisotopic (exact) mass is 400 g/mol. The Labute approximate surface area is 161 Å². The quantitative estimate of drug-likeness (QED) is 0.438. The van der Waals surface area contributed by atoms with E-state index in [1.54, 1.807) is 6.07 Å². The number of halogens is 1. The number of nitrogens with one attached hydrogen (secondary N) is 2. The molecule has 2 N–H and O–H groups in total. The van der Waals surface area contributed by atoms with Crippen LogP contribution in [-0.4, -0.2) is 34.5 Å². The van der Waals surface area contributed by atoms with Gasteiger partial charge in [0.2, 0.25) is 0 Å². The van der Waals surface area contributed by atoms with Gasteiger partial charge in [-0.05, 0) is 45.5 Å². The molecule has 2 aromatic heterocycles. The molecule has 9 heteroatoms. The number of hydrogen-bond donors (Lipinski definition) is 2. The van der Waals surface area contributed by atoms with Gasteiger partial charge in [0.05, 0.1) is 29.1 Å². The summed E-state index contributed by atoms with van der Waals surface area (Å²) < 4.78 is 6.68. The first-order chi connectivity index (χ1) is 11.8. The van der Waals surface area contributed by atoms with Gasteiger partial charge in [0.25, 0.3) is 0 Å². The van der Waals surface area contributed by atoms with Crippen LogP contribution in [0.5, 0.6) is 0 Å². The normalized spacial score (nSPS) is 10.6. The zero-order chi connectivity index (χ0) is 18.6. The van der Waals surface area contributed by atoms with Crippen LogP contribution in [0.2, 0.25) is 5.02 Å². The predicted molar refractivity (Wildman–Crippen MR) is 106 cm³/mol. The van der Waals surface area contributed by atoms with Crippen molar-refractivity contribution in [3.63, 3.8) is 0 Å². The van der Waals surface area contributed by atoms with E-state index >= 15 is 0 Å². The Bertz CT molecular complexity index is 785. The third kappa shape index (κ3) is 4.93. The average molecular weight is 401 g/mol. The van der Waals surface area contributed by atoms with Gasteiger partial charge in [-0.2, -0.15) is 5.10 Å². The topological polar surface area (TPSA) is 68.2 Å². The second-order valence-corrected chi connectivity index (χ2v) is 7.58. The van der Waals surface area contributed by atoms with Crippen molar-refractivity contribution in [1.82, 2.24) is 15.1 Å². The van der Waals surface area contributed by atoms with E-state index in [0.717, 1.165) is 29.2 Å². The van der Waals surface area contributed by atoms with E-state index in [1.165, 1.54) is 18.4 Å². The molecular formula is C16H21ClN4O2S2. The fourth-order valence-corrected chi connectivity index (χ4v) is 3.65. The van der Waals surface area contributed by atoms with Gasteiger partial charge in [-0.3, -0.25) is 4.68 Å². The van der Waals surface area contributed by atoms with Crippen molar-refractivity contribution < 1.29 is 9.53 Å². The maximum Gasteiger partial charge on any atom is 0.340 e. The fourth-order valence-electron chi connectivity index (χ4n) is 2.34. The second-order valence-electron chi connectivity index (χ2n) is 5.53. The number of esters is 1. The summed E-state index contributed by atoms with van der Waals surface area (Å²) in [6.45, 7) is 7.21. The average Bonchev–Trinajstić information content (AvgIpc) is 3.05. The van der Waals surface area contributed by atoms with Gasteiger partial charge in [0.15, 0.2) is 5.11 Å². The molecule has 2 heterocycles. The molecule has 0 unspecified atom stereocenters. The summed E-state index contributed by atoms with van der Waals surface area (Å²) in [7, 11) is 1.36. The van der Waals surface area contributed by atoms with E-state index < -0.39 is 0 Å². The predicted octanol–water partition coefficient (Wildman–Crippen LogP) is 3.69. The van der Waals surface area contributed by atoms with Crippen molar-refractivity contribution in [2.24, 2.45) is 0 Å². The number of aromatic nitrogens is 2. The summed E-state index contributed by atoms with van der Waals surface area (Å²) >= 11 is 12.9. The van der Waals surface area contributed by atoms with Crippen molar-refractivity contribution in [1.29, 1.82) is 0 Å². The first kappa shape index (κ1) is 19.7. The molecule has 0 aliphatic carbocycles. The first-order valence-electron chi connectivity index (χ1n) is 7.76. The van der Waals surface area contributed by atoms with Gasteiger partial charge in [-0.1, -0.05) is 11.6 Å². The van der Waals surface area contributed by atoms with Crippen LogP contribution in [0.15, 0.2) is 6.07 Å². The van der Waals surface area contributed by atoms with E-state index in [2.05, 4.69) is 15.7 Å². The molecule has 136 valence electrons. The Hall–Kier alpha value is -1.64. The summed E-state index contributed by atoms with van der Waals surface area (Å²) in [6.07, 6.45) is 0.841. The lowest BCUT2D eigenvalue weighted by Gasteiger charge is -2.11. The Morgan fingerprint density at radius 3 is 2.76 bits per heavy atom. The van der Waals surface area contributed by atoms with Gasteiger partial charge in [-0.15, -0.1) is 11.3 Å². The van der Waals surface area contributed by atoms with Crippen LogP contribution in [0.3, 0.4) is 0 Å². The third-order valence-electron chi connectivity index (χ3n) is 3.61. The van der Waals surface area contributed by atoms with Crippen molar-refractivity contribution in [2.75, 3.05) is 19.0 Å². The minimum absolute atomic E-state index is 0.379. The van der Waals surface area contributed by atoms with Crippen LogP contribution in [-0.2, 0) is 11.3 Å². The van der Waals surface area contributed by atoms with E-state index in [1.807, 2.05) is 25.5 Å². The molecule has 0 atom stereocenters. The van der Waals surface area contributed by atoms with Gasteiger partial charge in [0.1, 0.15) is 5.00 Å². The number of carbonyl (C=O) groups excluding carboxylic acids is 1. The van der Waals surface area contributed by atoms with E-state index in [4.69, 9.17) is 28.6 Å². The number of rotatable bonds is 6. The number of ether oxygens (including phenoxy) is 1. The summed E-state index contributed by atoms with van der Waals surface area (Å²) in [4.78, 5) is 12.8. The van der Waals surface area contributed by atoms with Crippen molar-refractivity contribution >= 4 is 51.2 Å². The highest BCUT2D eigenvalue weighted by Crippen LogP contribution is 2.28. The smallest absolute Gasteiger partial charge is 0.340 e. The summed E-state index contributed by atoms with van der Waals surface area (Å²) in [5.74, 6) is -0.379. The number of methoxy groups -OCH3 is 1. The van der Waals surface area contributed by atoms with E-state index in [9.17, 15) is 4.79 Å². The lowest BCUT2D eigenvalue weighted by molar-refractivity contribution is 0.0602. The highest BCUT2D eigenvalue weighted by molar-refractivity contribution is 7.80. The number of carbonyl (C=O) groups is 1. The van der Waals surface area contributed by atoms with E-state index in [0.29, 0.717) is 27.2 Å². The number of nitrogens with zero attached hydrogens (tertiary/aromatic N) is 2. The Balaban J connectivity index is 1.83. The molecule has 6 nitrogen and oxygen atoms in total. The fraction of sp³-hybridized carbons (Fsp3) is 0.438. The van der Waals surface area contributed by atoms with Crippen LogP contribution in [0, 0.1) is 20.8 Å². The molecular weight excluding hydrogens is 380 g/mol. The molecule has 0 saturated carbocycles. The molecule has 0 saturated heterocycles. The molecule has 2 rings (SSSR count). The van der Waals surface area contributed by atoms with Crippen molar-refractivity contribution in [2.45, 2.75) is 33.7 Å². The SMILES string of the molecule is COC(=O)c1cc(C)sc1NC(=S)NCCCn1nc(C)c(Cl)c1C. The Morgan fingerprint density at radius 1 is 1.44 bits per heavy atom. The molecule has 0 aliphatic heterocycles. The largest absolute Gasteiger partial charge is 0.465 e. The Morgan fingerprint density at radius 2 is 2.16 bits per heavy atom. The summed E-state index contributed by atoms with van der Waals surface area (Å²) in [5, 5.41) is 12.5. The van der Waals surface area contributed by atoms with E-state index in [-0.39, 0.29) is 5.97 Å². The lowest BCUT2D eigenvalue weighted by Crippen LogP contribution is -2.30. The molecule has 0 bridgehead atoms. The summed E-state index contributed by atoms with van der Waals surface area (Å²) in [5.41, 5.74) is 2.30. The number of anilines is 1. The van der Waals surface area contributed by atoms with Gasteiger partial charge >= 0.3 is 5.97 Å². The van der Waals surface area contributed by atoms with Gasteiger partial charge in [0, 0.05) is 18.0 Å². The van der Waals surface area contributed by atoms with Crippen LogP contribution in [0.25, 0.3) is 0 Å². The van der Waals surface area contributed by atoms with Crippen LogP contribution < -0.4 is 10.6 Å². The zero-order valence-electron chi connectivity index (χ0n) is 14.6. The Kier molecular flexibility index (Phi) is 6.80. The summed E-state index contributed by atoms with van der Waals surface area (Å²) in [6, 6.07) is 1.79. The minimum atomic E-state index is -0.379. The first-order valence-corrected chi connectivity index (χ1v) is 9.36.